The molecule has 19 heavy (non-hydrogen) atoms. The molecule has 0 unspecified atom stereocenters. The number of likely N-dealkylation sites (N-methyl/N-ethyl adjacent to an activating group) is 1. The first-order valence-electron chi connectivity index (χ1n) is 6.81. The SMILES string of the molecule is CCN1CCC(N(C)CC(=O)c2ccc(Cl)s2)CC1. The fourth-order valence-corrected chi connectivity index (χ4v) is 3.55. The third-order valence-electron chi connectivity index (χ3n) is 3.87. The number of rotatable bonds is 5. The number of piperidine rings is 1. The fraction of sp³-hybridized carbons (Fsp3) is 0.643. The normalized spacial score (nSPS) is 18.1. The second-order valence-corrected chi connectivity index (χ2v) is 6.82. The van der Waals surface area contributed by atoms with Gasteiger partial charge in [-0.25, -0.2) is 0 Å². The van der Waals surface area contributed by atoms with E-state index in [2.05, 4.69) is 23.8 Å². The van der Waals surface area contributed by atoms with Crippen molar-refractivity contribution in [2.45, 2.75) is 25.8 Å². The van der Waals surface area contributed by atoms with Crippen molar-refractivity contribution < 1.29 is 4.79 Å². The van der Waals surface area contributed by atoms with Crippen molar-refractivity contribution in [3.05, 3.63) is 21.3 Å². The maximum Gasteiger partial charge on any atom is 0.186 e. The van der Waals surface area contributed by atoms with Crippen LogP contribution in [0.15, 0.2) is 12.1 Å². The Morgan fingerprint density at radius 1 is 1.47 bits per heavy atom. The van der Waals surface area contributed by atoms with Crippen molar-refractivity contribution in [3.8, 4) is 0 Å². The van der Waals surface area contributed by atoms with Crippen LogP contribution in [0.3, 0.4) is 0 Å². The summed E-state index contributed by atoms with van der Waals surface area (Å²) in [5.41, 5.74) is 0. The molecule has 0 spiro atoms. The third-order valence-corrected chi connectivity index (χ3v) is 5.14. The Balaban J connectivity index is 1.84. The van der Waals surface area contributed by atoms with E-state index < -0.39 is 0 Å². The summed E-state index contributed by atoms with van der Waals surface area (Å²) in [5, 5.41) is 0. The van der Waals surface area contributed by atoms with Gasteiger partial charge in [-0.1, -0.05) is 18.5 Å². The lowest BCUT2D eigenvalue weighted by Crippen LogP contribution is -2.44. The van der Waals surface area contributed by atoms with E-state index in [1.54, 1.807) is 6.07 Å². The van der Waals surface area contributed by atoms with Crippen LogP contribution in [0.5, 0.6) is 0 Å². The zero-order valence-corrected chi connectivity index (χ0v) is 13.1. The average molecular weight is 301 g/mol. The van der Waals surface area contributed by atoms with Crippen LogP contribution in [-0.2, 0) is 0 Å². The van der Waals surface area contributed by atoms with Gasteiger partial charge in [-0.15, -0.1) is 11.3 Å². The van der Waals surface area contributed by atoms with Crippen LogP contribution in [0.2, 0.25) is 4.34 Å². The minimum Gasteiger partial charge on any atom is -0.303 e. The number of ketones is 1. The Hall–Kier alpha value is -0.420. The van der Waals surface area contributed by atoms with E-state index >= 15 is 0 Å². The van der Waals surface area contributed by atoms with Crippen LogP contribution in [0.1, 0.15) is 29.4 Å². The highest BCUT2D eigenvalue weighted by Crippen LogP contribution is 2.22. The van der Waals surface area contributed by atoms with Gasteiger partial charge in [0.1, 0.15) is 0 Å². The summed E-state index contributed by atoms with van der Waals surface area (Å²) in [6.45, 7) is 6.11. The van der Waals surface area contributed by atoms with Crippen molar-refractivity contribution in [1.29, 1.82) is 0 Å². The summed E-state index contributed by atoms with van der Waals surface area (Å²) in [5.74, 6) is 0.178. The highest BCUT2D eigenvalue weighted by Gasteiger charge is 2.23. The maximum absolute atomic E-state index is 12.1. The first-order chi connectivity index (χ1) is 9.10. The number of hydrogen-bond donors (Lipinski definition) is 0. The number of carbonyl (C=O) groups is 1. The molecule has 0 aromatic carbocycles. The summed E-state index contributed by atoms with van der Waals surface area (Å²) < 4.78 is 0.683. The highest BCUT2D eigenvalue weighted by atomic mass is 35.5. The Kier molecular flexibility index (Phi) is 5.39. The fourth-order valence-electron chi connectivity index (χ4n) is 2.57. The van der Waals surface area contributed by atoms with Gasteiger partial charge in [-0.3, -0.25) is 9.69 Å². The van der Waals surface area contributed by atoms with Gasteiger partial charge < -0.3 is 4.90 Å². The van der Waals surface area contributed by atoms with Crippen LogP contribution < -0.4 is 0 Å². The minimum absolute atomic E-state index is 0.178. The number of nitrogens with zero attached hydrogens (tertiary/aromatic N) is 2. The molecular formula is C14H21ClN2OS. The molecule has 0 amide bonds. The molecule has 0 saturated carbocycles. The van der Waals surface area contributed by atoms with E-state index in [4.69, 9.17) is 11.6 Å². The van der Waals surface area contributed by atoms with Crippen molar-refractivity contribution >= 4 is 28.7 Å². The molecule has 5 heteroatoms. The second kappa shape index (κ2) is 6.84. The monoisotopic (exact) mass is 300 g/mol. The predicted molar refractivity (Wildman–Crippen MR) is 81.4 cm³/mol. The van der Waals surface area contributed by atoms with Gasteiger partial charge in [0.2, 0.25) is 0 Å². The predicted octanol–water partition coefficient (Wildman–Crippen LogP) is 3.00. The smallest absolute Gasteiger partial charge is 0.186 e. The number of hydrogen-bond acceptors (Lipinski definition) is 4. The van der Waals surface area contributed by atoms with E-state index in [-0.39, 0.29) is 5.78 Å². The van der Waals surface area contributed by atoms with E-state index in [9.17, 15) is 4.79 Å². The average Bonchev–Trinajstić information content (AvgIpc) is 2.85. The quantitative estimate of drug-likeness (QED) is 0.781. The number of halogens is 1. The molecule has 0 bridgehead atoms. The van der Waals surface area contributed by atoms with E-state index in [0.717, 1.165) is 37.4 Å². The summed E-state index contributed by atoms with van der Waals surface area (Å²) in [7, 11) is 2.05. The van der Waals surface area contributed by atoms with Crippen LogP contribution in [0.25, 0.3) is 0 Å². The number of carbonyl (C=O) groups excluding carboxylic acids is 1. The molecule has 0 N–H and O–H groups in total. The maximum atomic E-state index is 12.1. The van der Waals surface area contributed by atoms with Crippen LogP contribution >= 0.6 is 22.9 Å². The summed E-state index contributed by atoms with van der Waals surface area (Å²) in [4.78, 5) is 17.6. The lowest BCUT2D eigenvalue weighted by Gasteiger charge is -2.35. The number of Topliss-reactive ketones (excluding diaryl/α,β-unsaturated/α-hetero) is 1. The van der Waals surface area contributed by atoms with Gasteiger partial charge in [0.05, 0.1) is 15.8 Å². The van der Waals surface area contributed by atoms with E-state index in [0.29, 0.717) is 16.9 Å². The molecule has 3 nitrogen and oxygen atoms in total. The summed E-state index contributed by atoms with van der Waals surface area (Å²) in [6.07, 6.45) is 2.31. The van der Waals surface area contributed by atoms with Crippen molar-refractivity contribution in [2.24, 2.45) is 0 Å². The van der Waals surface area contributed by atoms with Gasteiger partial charge in [0, 0.05) is 6.04 Å². The largest absolute Gasteiger partial charge is 0.303 e. The molecule has 1 aromatic heterocycles. The number of likely N-dealkylation sites (tertiary alicyclic amines) is 1. The Bertz CT molecular complexity index is 427. The Morgan fingerprint density at radius 2 is 2.16 bits per heavy atom. The molecular weight excluding hydrogens is 280 g/mol. The summed E-state index contributed by atoms with van der Waals surface area (Å²) in [6, 6.07) is 4.14. The minimum atomic E-state index is 0.178. The molecule has 1 aromatic rings. The van der Waals surface area contributed by atoms with Gasteiger partial charge in [0.25, 0.3) is 0 Å². The molecule has 1 aliphatic rings. The second-order valence-electron chi connectivity index (χ2n) is 5.11. The zero-order valence-electron chi connectivity index (χ0n) is 11.6. The highest BCUT2D eigenvalue weighted by molar-refractivity contribution is 7.18. The van der Waals surface area contributed by atoms with Crippen molar-refractivity contribution in [1.82, 2.24) is 9.80 Å². The molecule has 0 atom stereocenters. The molecule has 1 saturated heterocycles. The molecule has 106 valence electrons. The first-order valence-corrected chi connectivity index (χ1v) is 8.00. The van der Waals surface area contributed by atoms with Crippen molar-refractivity contribution in [3.63, 3.8) is 0 Å². The standard InChI is InChI=1S/C14H21ClN2OS/c1-3-17-8-6-11(7-9-17)16(2)10-12(18)13-4-5-14(15)19-13/h4-5,11H,3,6-10H2,1-2H3. The van der Waals surface area contributed by atoms with Crippen LogP contribution in [0, 0.1) is 0 Å². The molecule has 1 fully saturated rings. The molecule has 0 radical (unpaired) electrons. The first kappa shape index (κ1) is 15.0. The van der Waals surface area contributed by atoms with E-state index in [1.165, 1.54) is 11.3 Å². The number of thiophene rings is 1. The Labute approximate surface area is 124 Å². The van der Waals surface area contributed by atoms with Gasteiger partial charge in [-0.2, -0.15) is 0 Å². The van der Waals surface area contributed by atoms with Gasteiger partial charge in [0.15, 0.2) is 5.78 Å². The van der Waals surface area contributed by atoms with Crippen LogP contribution in [0.4, 0.5) is 0 Å². The zero-order chi connectivity index (χ0) is 13.8. The lowest BCUT2D eigenvalue weighted by atomic mass is 10.0. The van der Waals surface area contributed by atoms with Gasteiger partial charge in [-0.05, 0) is 51.7 Å². The topological polar surface area (TPSA) is 23.6 Å². The molecule has 0 aliphatic carbocycles. The van der Waals surface area contributed by atoms with Crippen molar-refractivity contribution in [2.75, 3.05) is 33.2 Å². The van der Waals surface area contributed by atoms with E-state index in [1.807, 2.05) is 6.07 Å². The third kappa shape index (κ3) is 4.02. The lowest BCUT2D eigenvalue weighted by molar-refractivity contribution is 0.0862. The molecule has 2 rings (SSSR count). The molecule has 1 aliphatic heterocycles. The van der Waals surface area contributed by atoms with Gasteiger partial charge >= 0.3 is 0 Å². The molecule has 2 heterocycles. The van der Waals surface area contributed by atoms with Crippen LogP contribution in [-0.4, -0.2) is 54.9 Å². The Morgan fingerprint density at radius 3 is 2.68 bits per heavy atom. The summed E-state index contributed by atoms with van der Waals surface area (Å²) >= 11 is 7.24.